The molecule has 0 saturated carbocycles. The van der Waals surface area contributed by atoms with Gasteiger partial charge in [0.15, 0.2) is 0 Å². The molecule has 1 aromatic heterocycles. The number of aromatic nitrogens is 1. The molecule has 0 aliphatic carbocycles. The summed E-state index contributed by atoms with van der Waals surface area (Å²) < 4.78 is 0. The Balaban J connectivity index is 2.75. The fraction of sp³-hybridized carbons (Fsp3) is 0.100. The van der Waals surface area contributed by atoms with Gasteiger partial charge in [-0.3, -0.25) is 0 Å². The van der Waals surface area contributed by atoms with Gasteiger partial charge >= 0.3 is 5.97 Å². The minimum Gasteiger partial charge on any atom is -0.477 e. The number of H-pyrrole nitrogens is 1. The van der Waals surface area contributed by atoms with Gasteiger partial charge in [0, 0.05) is 10.9 Å². The first-order valence-corrected chi connectivity index (χ1v) is 4.00. The molecule has 1 heterocycles. The van der Waals surface area contributed by atoms with Crippen LogP contribution in [0, 0.1) is 6.92 Å². The zero-order chi connectivity index (χ0) is 9.42. The number of hydrogen-bond acceptors (Lipinski definition) is 1. The summed E-state index contributed by atoms with van der Waals surface area (Å²) in [6.07, 6.45) is 0. The van der Waals surface area contributed by atoms with Gasteiger partial charge in [-0.1, -0.05) is 12.1 Å². The summed E-state index contributed by atoms with van der Waals surface area (Å²) in [6, 6.07) is 7.39. The Bertz CT molecular complexity index is 471. The van der Waals surface area contributed by atoms with Gasteiger partial charge in [0.1, 0.15) is 5.69 Å². The molecular weight excluding hydrogens is 166 g/mol. The van der Waals surface area contributed by atoms with E-state index in [4.69, 9.17) is 5.11 Å². The highest BCUT2D eigenvalue weighted by Crippen LogP contribution is 2.18. The van der Waals surface area contributed by atoms with Crippen LogP contribution < -0.4 is 0 Å². The molecule has 2 rings (SSSR count). The number of aromatic amines is 1. The predicted molar refractivity (Wildman–Crippen MR) is 50.0 cm³/mol. The molecule has 0 fully saturated rings. The van der Waals surface area contributed by atoms with Gasteiger partial charge in [0.2, 0.25) is 0 Å². The summed E-state index contributed by atoms with van der Waals surface area (Å²) in [5.74, 6) is -0.921. The first-order chi connectivity index (χ1) is 6.18. The molecule has 0 unspecified atom stereocenters. The lowest BCUT2D eigenvalue weighted by Gasteiger charge is -1.92. The van der Waals surface area contributed by atoms with Crippen LogP contribution in [0.15, 0.2) is 24.3 Å². The number of carboxylic acid groups (broad SMARTS) is 1. The number of aromatic carboxylic acids is 1. The van der Waals surface area contributed by atoms with Crippen LogP contribution in [0.3, 0.4) is 0 Å². The fourth-order valence-corrected chi connectivity index (χ4v) is 1.42. The van der Waals surface area contributed by atoms with Crippen molar-refractivity contribution in [2.75, 3.05) is 0 Å². The SMILES string of the molecule is Cc1cccc2[nH]c(C(=O)O)cc12. The topological polar surface area (TPSA) is 53.1 Å². The summed E-state index contributed by atoms with van der Waals surface area (Å²) in [6.45, 7) is 1.96. The summed E-state index contributed by atoms with van der Waals surface area (Å²) in [5, 5.41) is 9.72. The number of carbonyl (C=O) groups is 1. The minimum atomic E-state index is -0.921. The smallest absolute Gasteiger partial charge is 0.352 e. The molecule has 0 radical (unpaired) electrons. The number of fused-ring (bicyclic) bond motifs is 1. The van der Waals surface area contributed by atoms with Crippen molar-refractivity contribution in [2.45, 2.75) is 6.92 Å². The van der Waals surface area contributed by atoms with Crippen LogP contribution in [0.1, 0.15) is 16.1 Å². The van der Waals surface area contributed by atoms with E-state index in [9.17, 15) is 4.79 Å². The third kappa shape index (κ3) is 1.18. The van der Waals surface area contributed by atoms with Gasteiger partial charge < -0.3 is 10.1 Å². The second-order valence-electron chi connectivity index (χ2n) is 3.02. The van der Waals surface area contributed by atoms with Crippen LogP contribution in [0.5, 0.6) is 0 Å². The largest absolute Gasteiger partial charge is 0.477 e. The average Bonchev–Trinajstić information content (AvgIpc) is 2.49. The summed E-state index contributed by atoms with van der Waals surface area (Å²) in [4.78, 5) is 13.5. The minimum absolute atomic E-state index is 0.240. The lowest BCUT2D eigenvalue weighted by Crippen LogP contribution is -1.94. The van der Waals surface area contributed by atoms with Crippen LogP contribution in [0.25, 0.3) is 10.9 Å². The molecular formula is C10H9NO2. The van der Waals surface area contributed by atoms with E-state index in [-0.39, 0.29) is 5.69 Å². The first kappa shape index (κ1) is 7.86. The monoisotopic (exact) mass is 175 g/mol. The number of carboxylic acids is 1. The van der Waals surface area contributed by atoms with Gasteiger partial charge in [-0.25, -0.2) is 4.79 Å². The normalized spacial score (nSPS) is 10.5. The molecule has 3 nitrogen and oxygen atoms in total. The van der Waals surface area contributed by atoms with Crippen molar-refractivity contribution in [1.82, 2.24) is 4.98 Å². The summed E-state index contributed by atoms with van der Waals surface area (Å²) in [7, 11) is 0. The summed E-state index contributed by atoms with van der Waals surface area (Å²) in [5.41, 5.74) is 2.20. The molecule has 0 saturated heterocycles. The maximum atomic E-state index is 10.7. The molecule has 0 aliphatic heterocycles. The standard InChI is InChI=1S/C10H9NO2/c1-6-3-2-4-8-7(6)5-9(11-8)10(12)13/h2-5,11H,1H3,(H,12,13). The second-order valence-corrected chi connectivity index (χ2v) is 3.02. The van der Waals surface area contributed by atoms with Gasteiger partial charge in [0.05, 0.1) is 0 Å². The van der Waals surface area contributed by atoms with Gasteiger partial charge in [-0.05, 0) is 24.6 Å². The number of aryl methyl sites for hydroxylation is 1. The van der Waals surface area contributed by atoms with Crippen LogP contribution in [0.2, 0.25) is 0 Å². The second kappa shape index (κ2) is 2.62. The Labute approximate surface area is 75.0 Å². The van der Waals surface area contributed by atoms with E-state index in [1.807, 2.05) is 25.1 Å². The number of rotatable bonds is 1. The third-order valence-electron chi connectivity index (χ3n) is 2.11. The van der Waals surface area contributed by atoms with E-state index in [0.29, 0.717) is 0 Å². The van der Waals surface area contributed by atoms with Crippen molar-refractivity contribution in [3.05, 3.63) is 35.5 Å². The Morgan fingerprint density at radius 2 is 2.23 bits per heavy atom. The molecule has 66 valence electrons. The maximum Gasteiger partial charge on any atom is 0.352 e. The molecule has 1 aromatic carbocycles. The van der Waals surface area contributed by atoms with Crippen LogP contribution >= 0.6 is 0 Å². The quantitative estimate of drug-likeness (QED) is 0.697. The molecule has 2 aromatic rings. The fourth-order valence-electron chi connectivity index (χ4n) is 1.42. The number of hydrogen-bond donors (Lipinski definition) is 2. The first-order valence-electron chi connectivity index (χ1n) is 4.00. The number of nitrogens with one attached hydrogen (secondary N) is 1. The Hall–Kier alpha value is -1.77. The van der Waals surface area contributed by atoms with Gasteiger partial charge in [-0.15, -0.1) is 0 Å². The molecule has 0 amide bonds. The van der Waals surface area contributed by atoms with Gasteiger partial charge in [0.25, 0.3) is 0 Å². The van der Waals surface area contributed by atoms with Crippen molar-refractivity contribution in [3.63, 3.8) is 0 Å². The van der Waals surface area contributed by atoms with E-state index >= 15 is 0 Å². The van der Waals surface area contributed by atoms with E-state index in [1.54, 1.807) is 6.07 Å². The van der Waals surface area contributed by atoms with Gasteiger partial charge in [-0.2, -0.15) is 0 Å². The molecule has 2 N–H and O–H groups in total. The van der Waals surface area contributed by atoms with Crippen LogP contribution in [-0.4, -0.2) is 16.1 Å². The molecule has 0 spiro atoms. The Morgan fingerprint density at radius 1 is 1.46 bits per heavy atom. The highest BCUT2D eigenvalue weighted by molar-refractivity contribution is 5.94. The van der Waals surface area contributed by atoms with Crippen molar-refractivity contribution >= 4 is 16.9 Å². The Morgan fingerprint density at radius 3 is 2.85 bits per heavy atom. The predicted octanol–water partition coefficient (Wildman–Crippen LogP) is 2.17. The van der Waals surface area contributed by atoms with E-state index < -0.39 is 5.97 Å². The number of benzene rings is 1. The van der Waals surface area contributed by atoms with Crippen LogP contribution in [0.4, 0.5) is 0 Å². The zero-order valence-electron chi connectivity index (χ0n) is 7.16. The zero-order valence-corrected chi connectivity index (χ0v) is 7.16. The Kier molecular flexibility index (Phi) is 1.59. The lowest BCUT2D eigenvalue weighted by atomic mass is 10.1. The lowest BCUT2D eigenvalue weighted by molar-refractivity contribution is 0.0691. The summed E-state index contributed by atoms with van der Waals surface area (Å²) >= 11 is 0. The molecule has 0 aliphatic rings. The molecule has 13 heavy (non-hydrogen) atoms. The molecule has 0 bridgehead atoms. The van der Waals surface area contributed by atoms with Crippen LogP contribution in [-0.2, 0) is 0 Å². The van der Waals surface area contributed by atoms with Crippen molar-refractivity contribution in [2.24, 2.45) is 0 Å². The van der Waals surface area contributed by atoms with Crippen molar-refractivity contribution < 1.29 is 9.90 Å². The highest BCUT2D eigenvalue weighted by Gasteiger charge is 2.07. The maximum absolute atomic E-state index is 10.7. The molecule has 0 atom stereocenters. The van der Waals surface area contributed by atoms with E-state index in [2.05, 4.69) is 4.98 Å². The molecule has 3 heteroatoms. The van der Waals surface area contributed by atoms with Crippen molar-refractivity contribution in [1.29, 1.82) is 0 Å². The third-order valence-corrected chi connectivity index (χ3v) is 2.11. The van der Waals surface area contributed by atoms with E-state index in [1.165, 1.54) is 0 Å². The van der Waals surface area contributed by atoms with Crippen molar-refractivity contribution in [3.8, 4) is 0 Å². The average molecular weight is 175 g/mol. The van der Waals surface area contributed by atoms with E-state index in [0.717, 1.165) is 16.5 Å². The highest BCUT2D eigenvalue weighted by atomic mass is 16.4.